The van der Waals surface area contributed by atoms with Crippen molar-refractivity contribution in [3.05, 3.63) is 0 Å². The normalized spacial score (nSPS) is 21.6. The number of nitrogens with zero attached hydrogens (tertiary/aromatic N) is 1. The van der Waals surface area contributed by atoms with Crippen LogP contribution in [0.25, 0.3) is 0 Å². The average Bonchev–Trinajstić information content (AvgIpc) is 3.24. The highest BCUT2D eigenvalue weighted by molar-refractivity contribution is 5.85. The fourth-order valence-corrected chi connectivity index (χ4v) is 2.93. The lowest BCUT2D eigenvalue weighted by Gasteiger charge is -2.33. The topological polar surface area (TPSA) is 44.4 Å². The molecule has 2 aliphatic rings. The third-order valence-electron chi connectivity index (χ3n) is 4.55. The number of unbranched alkanes of at least 4 members (excludes halogenated alkanes) is 1. The molecule has 0 aromatic heterocycles. The standard InChI is InChI=1S/C16H31N3O.2ClH/c1-14-6-2-4-10-19(14)11-5-3-9-18-16(20)13-17-12-15-7-8-15;;/h14-15,17H,2-13H2,1H3,(H,18,20);2*1H. The average molecular weight is 354 g/mol. The van der Waals surface area contributed by atoms with Crippen LogP contribution in [0.5, 0.6) is 0 Å². The van der Waals surface area contributed by atoms with E-state index in [0.29, 0.717) is 6.54 Å². The molecule has 4 nitrogen and oxygen atoms in total. The Balaban J connectivity index is 0.00000220. The van der Waals surface area contributed by atoms with Crippen molar-refractivity contribution in [1.82, 2.24) is 15.5 Å². The summed E-state index contributed by atoms with van der Waals surface area (Å²) in [6.07, 6.45) is 9.06. The molecule has 1 aliphatic heterocycles. The van der Waals surface area contributed by atoms with Crippen LogP contribution in [-0.4, -0.2) is 49.6 Å². The summed E-state index contributed by atoms with van der Waals surface area (Å²) in [6.45, 7) is 7.12. The monoisotopic (exact) mass is 353 g/mol. The molecular weight excluding hydrogens is 321 g/mol. The van der Waals surface area contributed by atoms with Gasteiger partial charge in [-0.05, 0) is 71.0 Å². The fourth-order valence-electron chi connectivity index (χ4n) is 2.93. The first-order chi connectivity index (χ1) is 9.75. The van der Waals surface area contributed by atoms with Crippen LogP contribution >= 0.6 is 24.8 Å². The van der Waals surface area contributed by atoms with Crippen molar-refractivity contribution in [2.24, 2.45) is 5.92 Å². The Kier molecular flexibility index (Phi) is 12.4. The number of rotatable bonds is 9. The molecular formula is C16H33Cl2N3O. The maximum absolute atomic E-state index is 11.6. The van der Waals surface area contributed by atoms with Crippen LogP contribution in [0.15, 0.2) is 0 Å². The highest BCUT2D eigenvalue weighted by atomic mass is 35.5. The Morgan fingerprint density at radius 2 is 1.91 bits per heavy atom. The zero-order valence-corrected chi connectivity index (χ0v) is 15.4. The zero-order chi connectivity index (χ0) is 14.2. The molecule has 2 rings (SSSR count). The highest BCUT2D eigenvalue weighted by Crippen LogP contribution is 2.27. The lowest BCUT2D eigenvalue weighted by Crippen LogP contribution is -2.38. The van der Waals surface area contributed by atoms with Gasteiger partial charge in [-0.25, -0.2) is 0 Å². The second kappa shape index (κ2) is 12.4. The number of halogens is 2. The van der Waals surface area contributed by atoms with Gasteiger partial charge in [0.25, 0.3) is 0 Å². The zero-order valence-electron chi connectivity index (χ0n) is 13.8. The van der Waals surface area contributed by atoms with E-state index >= 15 is 0 Å². The first kappa shape index (κ1) is 22.0. The first-order valence-electron chi connectivity index (χ1n) is 8.47. The van der Waals surface area contributed by atoms with Gasteiger partial charge in [-0.1, -0.05) is 6.42 Å². The van der Waals surface area contributed by atoms with Crippen LogP contribution in [0.3, 0.4) is 0 Å². The molecule has 0 bridgehead atoms. The van der Waals surface area contributed by atoms with Crippen LogP contribution in [0, 0.1) is 5.92 Å². The van der Waals surface area contributed by atoms with E-state index in [2.05, 4.69) is 22.5 Å². The van der Waals surface area contributed by atoms with E-state index in [4.69, 9.17) is 0 Å². The predicted molar refractivity (Wildman–Crippen MR) is 97.2 cm³/mol. The van der Waals surface area contributed by atoms with Gasteiger partial charge in [-0.2, -0.15) is 0 Å². The summed E-state index contributed by atoms with van der Waals surface area (Å²) in [6, 6.07) is 0.755. The van der Waals surface area contributed by atoms with Crippen LogP contribution in [-0.2, 0) is 4.79 Å². The maximum Gasteiger partial charge on any atom is 0.233 e. The van der Waals surface area contributed by atoms with E-state index in [1.165, 1.54) is 51.6 Å². The van der Waals surface area contributed by atoms with Crippen molar-refractivity contribution in [3.8, 4) is 0 Å². The third kappa shape index (κ3) is 9.19. The summed E-state index contributed by atoms with van der Waals surface area (Å²) in [5, 5.41) is 6.23. The summed E-state index contributed by atoms with van der Waals surface area (Å²) in [4.78, 5) is 14.2. The van der Waals surface area contributed by atoms with Crippen molar-refractivity contribution in [2.75, 3.05) is 32.7 Å². The van der Waals surface area contributed by atoms with Gasteiger partial charge in [0, 0.05) is 12.6 Å². The van der Waals surface area contributed by atoms with Gasteiger partial charge in [0.1, 0.15) is 0 Å². The number of hydrogen-bond donors (Lipinski definition) is 2. The van der Waals surface area contributed by atoms with Gasteiger partial charge in [-0.15, -0.1) is 24.8 Å². The molecule has 132 valence electrons. The number of carbonyl (C=O) groups is 1. The largest absolute Gasteiger partial charge is 0.355 e. The van der Waals surface area contributed by atoms with Crippen LogP contribution in [0.1, 0.15) is 51.9 Å². The molecule has 1 aliphatic carbocycles. The Bertz CT molecular complexity index is 301. The number of hydrogen-bond acceptors (Lipinski definition) is 3. The summed E-state index contributed by atoms with van der Waals surface area (Å²) >= 11 is 0. The fraction of sp³-hybridized carbons (Fsp3) is 0.938. The number of nitrogens with one attached hydrogen (secondary N) is 2. The third-order valence-corrected chi connectivity index (χ3v) is 4.55. The molecule has 1 saturated heterocycles. The molecule has 1 unspecified atom stereocenters. The minimum absolute atomic E-state index is 0. The van der Waals surface area contributed by atoms with Crippen LogP contribution < -0.4 is 10.6 Å². The smallest absolute Gasteiger partial charge is 0.233 e. The molecule has 22 heavy (non-hydrogen) atoms. The van der Waals surface area contributed by atoms with Crippen LogP contribution in [0.4, 0.5) is 0 Å². The lowest BCUT2D eigenvalue weighted by molar-refractivity contribution is -0.120. The maximum atomic E-state index is 11.6. The number of carbonyl (C=O) groups excluding carboxylic acids is 1. The van der Waals surface area contributed by atoms with Crippen molar-refractivity contribution >= 4 is 30.7 Å². The number of amides is 1. The predicted octanol–water partition coefficient (Wildman–Crippen LogP) is 2.60. The molecule has 0 radical (unpaired) electrons. The van der Waals surface area contributed by atoms with Gasteiger partial charge in [-0.3, -0.25) is 4.79 Å². The second-order valence-electron chi connectivity index (χ2n) is 6.51. The molecule has 2 N–H and O–H groups in total. The van der Waals surface area contributed by atoms with Crippen LogP contribution in [0.2, 0.25) is 0 Å². The minimum Gasteiger partial charge on any atom is -0.355 e. The van der Waals surface area contributed by atoms with Gasteiger partial charge < -0.3 is 15.5 Å². The Hall–Kier alpha value is -0.0300. The quantitative estimate of drug-likeness (QED) is 0.626. The summed E-state index contributed by atoms with van der Waals surface area (Å²) in [5.41, 5.74) is 0. The first-order valence-corrected chi connectivity index (χ1v) is 8.47. The second-order valence-corrected chi connectivity index (χ2v) is 6.51. The van der Waals surface area contributed by atoms with E-state index in [1.807, 2.05) is 0 Å². The molecule has 0 aromatic carbocycles. The molecule has 1 amide bonds. The summed E-state index contributed by atoms with van der Waals surface area (Å²) < 4.78 is 0. The molecule has 6 heteroatoms. The number of likely N-dealkylation sites (tertiary alicyclic amines) is 1. The SMILES string of the molecule is CC1CCCCN1CCCCNC(=O)CNCC1CC1.Cl.Cl. The van der Waals surface area contributed by atoms with E-state index in [1.54, 1.807) is 0 Å². The Labute approximate surface area is 148 Å². The molecule has 1 saturated carbocycles. The van der Waals surface area contributed by atoms with Crippen molar-refractivity contribution in [3.63, 3.8) is 0 Å². The van der Waals surface area contributed by atoms with Gasteiger partial charge in [0.15, 0.2) is 0 Å². The summed E-state index contributed by atoms with van der Waals surface area (Å²) in [7, 11) is 0. The molecule has 1 heterocycles. The van der Waals surface area contributed by atoms with E-state index in [0.717, 1.165) is 31.5 Å². The molecule has 1 atom stereocenters. The van der Waals surface area contributed by atoms with Crippen molar-refractivity contribution in [2.45, 2.75) is 57.9 Å². The van der Waals surface area contributed by atoms with E-state index < -0.39 is 0 Å². The van der Waals surface area contributed by atoms with Crippen molar-refractivity contribution < 1.29 is 4.79 Å². The van der Waals surface area contributed by atoms with E-state index in [-0.39, 0.29) is 30.7 Å². The summed E-state index contributed by atoms with van der Waals surface area (Å²) in [5.74, 6) is 0.992. The van der Waals surface area contributed by atoms with Gasteiger partial charge in [0.05, 0.1) is 6.54 Å². The Morgan fingerprint density at radius 3 is 2.59 bits per heavy atom. The lowest BCUT2D eigenvalue weighted by atomic mass is 10.0. The highest BCUT2D eigenvalue weighted by Gasteiger charge is 2.20. The van der Waals surface area contributed by atoms with Crippen molar-refractivity contribution in [1.29, 1.82) is 0 Å². The van der Waals surface area contributed by atoms with E-state index in [9.17, 15) is 4.79 Å². The molecule has 2 fully saturated rings. The van der Waals surface area contributed by atoms with Gasteiger partial charge >= 0.3 is 0 Å². The van der Waals surface area contributed by atoms with Gasteiger partial charge in [0.2, 0.25) is 5.91 Å². The molecule has 0 spiro atoms. The minimum atomic E-state index is 0. The Morgan fingerprint density at radius 1 is 1.14 bits per heavy atom. The number of piperidine rings is 1. The molecule has 0 aromatic rings.